The number of hydrogen-bond donors (Lipinski definition) is 1. The predicted octanol–water partition coefficient (Wildman–Crippen LogP) is 6.26. The van der Waals surface area contributed by atoms with Gasteiger partial charge in [-0.1, -0.05) is 47.5 Å². The second-order valence-corrected chi connectivity index (χ2v) is 7.02. The van der Waals surface area contributed by atoms with Gasteiger partial charge in [-0.15, -0.1) is 0 Å². The number of anilines is 1. The molecular formula is C23H15Cl2FN2O2. The third-order valence-electron chi connectivity index (χ3n) is 4.08. The molecule has 3 aromatic carbocycles. The summed E-state index contributed by atoms with van der Waals surface area (Å²) in [5.74, 6) is -0.585. The fourth-order valence-corrected chi connectivity index (χ4v) is 2.98. The van der Waals surface area contributed by atoms with E-state index in [9.17, 15) is 14.4 Å². The largest absolute Gasteiger partial charge is 0.487 e. The molecule has 3 rings (SSSR count). The van der Waals surface area contributed by atoms with E-state index in [-0.39, 0.29) is 12.2 Å². The molecule has 0 aliphatic heterocycles. The van der Waals surface area contributed by atoms with Crippen molar-refractivity contribution in [3.63, 3.8) is 0 Å². The van der Waals surface area contributed by atoms with Crippen LogP contribution in [0.15, 0.2) is 72.3 Å². The Kier molecular flexibility index (Phi) is 7.08. The molecule has 3 aromatic rings. The van der Waals surface area contributed by atoms with Crippen LogP contribution in [0.3, 0.4) is 0 Å². The number of nitrogens with one attached hydrogen (secondary N) is 1. The first kappa shape index (κ1) is 21.4. The molecule has 0 unspecified atom stereocenters. The summed E-state index contributed by atoms with van der Waals surface area (Å²) in [6.07, 6.45) is 1.41. The van der Waals surface area contributed by atoms with Gasteiger partial charge in [0.1, 0.15) is 29.8 Å². The van der Waals surface area contributed by atoms with Crippen LogP contribution >= 0.6 is 23.2 Å². The summed E-state index contributed by atoms with van der Waals surface area (Å²) in [6, 6.07) is 19.3. The summed E-state index contributed by atoms with van der Waals surface area (Å²) in [7, 11) is 0. The highest BCUT2D eigenvalue weighted by Crippen LogP contribution is 2.28. The number of ether oxygens (including phenoxy) is 1. The van der Waals surface area contributed by atoms with Gasteiger partial charge in [-0.05, 0) is 54.1 Å². The Morgan fingerprint density at radius 3 is 2.47 bits per heavy atom. The SMILES string of the molecule is N#CC(=Cc1ccc(OCc2ccccc2Cl)c(Cl)c1)C(=O)Nc1ccc(F)cc1. The molecule has 0 atom stereocenters. The van der Waals surface area contributed by atoms with Gasteiger partial charge in [0.25, 0.3) is 5.91 Å². The Bertz CT molecular complexity index is 1140. The maximum atomic E-state index is 13.0. The number of benzene rings is 3. The summed E-state index contributed by atoms with van der Waals surface area (Å²) in [5, 5.41) is 12.8. The highest BCUT2D eigenvalue weighted by molar-refractivity contribution is 6.32. The van der Waals surface area contributed by atoms with E-state index < -0.39 is 11.7 Å². The van der Waals surface area contributed by atoms with Crippen LogP contribution in [0.1, 0.15) is 11.1 Å². The molecule has 0 heterocycles. The third-order valence-corrected chi connectivity index (χ3v) is 4.74. The topological polar surface area (TPSA) is 62.1 Å². The van der Waals surface area contributed by atoms with Gasteiger partial charge >= 0.3 is 0 Å². The van der Waals surface area contributed by atoms with E-state index in [2.05, 4.69) is 5.32 Å². The van der Waals surface area contributed by atoms with Crippen molar-refractivity contribution in [3.8, 4) is 11.8 Å². The van der Waals surface area contributed by atoms with Crippen molar-refractivity contribution in [2.45, 2.75) is 6.61 Å². The summed E-state index contributed by atoms with van der Waals surface area (Å²) < 4.78 is 18.7. The number of amides is 1. The van der Waals surface area contributed by atoms with Crippen molar-refractivity contribution in [1.29, 1.82) is 5.26 Å². The van der Waals surface area contributed by atoms with Gasteiger partial charge in [0, 0.05) is 16.3 Å². The average molecular weight is 441 g/mol. The van der Waals surface area contributed by atoms with E-state index in [1.807, 2.05) is 24.3 Å². The summed E-state index contributed by atoms with van der Waals surface area (Å²) in [4.78, 5) is 12.3. The van der Waals surface area contributed by atoms with Crippen LogP contribution in [-0.2, 0) is 11.4 Å². The fraction of sp³-hybridized carbons (Fsp3) is 0.0435. The van der Waals surface area contributed by atoms with Crippen molar-refractivity contribution < 1.29 is 13.9 Å². The molecule has 30 heavy (non-hydrogen) atoms. The number of rotatable bonds is 6. The van der Waals surface area contributed by atoms with Crippen LogP contribution in [-0.4, -0.2) is 5.91 Å². The molecule has 0 aromatic heterocycles. The predicted molar refractivity (Wildman–Crippen MR) is 116 cm³/mol. The fourth-order valence-electron chi connectivity index (χ4n) is 2.54. The van der Waals surface area contributed by atoms with Gasteiger partial charge in [-0.2, -0.15) is 5.26 Å². The summed E-state index contributed by atoms with van der Waals surface area (Å²) in [5.41, 5.74) is 1.63. The first-order valence-corrected chi connectivity index (χ1v) is 9.56. The second-order valence-electron chi connectivity index (χ2n) is 6.20. The number of halogens is 3. The molecule has 4 nitrogen and oxygen atoms in total. The Balaban J connectivity index is 1.71. The van der Waals surface area contributed by atoms with E-state index in [0.717, 1.165) is 5.56 Å². The standard InChI is InChI=1S/C23H15Cl2FN2O2/c24-20-4-2-1-3-16(20)14-30-22-10-5-15(12-21(22)25)11-17(13-27)23(29)28-19-8-6-18(26)7-9-19/h1-12H,14H2,(H,28,29). The summed E-state index contributed by atoms with van der Waals surface area (Å²) in [6.45, 7) is 0.248. The first-order chi connectivity index (χ1) is 14.5. The molecule has 0 aliphatic carbocycles. The van der Waals surface area contributed by atoms with Crippen LogP contribution in [0.4, 0.5) is 10.1 Å². The lowest BCUT2D eigenvalue weighted by Crippen LogP contribution is -2.13. The van der Waals surface area contributed by atoms with E-state index in [1.165, 1.54) is 30.3 Å². The van der Waals surface area contributed by atoms with Crippen molar-refractivity contribution in [3.05, 3.63) is 99.3 Å². The van der Waals surface area contributed by atoms with Gasteiger partial charge < -0.3 is 10.1 Å². The van der Waals surface area contributed by atoms with Gasteiger partial charge in [0.2, 0.25) is 0 Å². The Labute approximate surface area is 183 Å². The lowest BCUT2D eigenvalue weighted by atomic mass is 10.1. The zero-order valence-electron chi connectivity index (χ0n) is 15.5. The lowest BCUT2D eigenvalue weighted by molar-refractivity contribution is -0.112. The second kappa shape index (κ2) is 9.93. The number of carbonyl (C=O) groups is 1. The number of hydrogen-bond acceptors (Lipinski definition) is 3. The molecule has 150 valence electrons. The van der Waals surface area contributed by atoms with Crippen molar-refractivity contribution in [2.24, 2.45) is 0 Å². The number of nitrogens with zero attached hydrogens (tertiary/aromatic N) is 1. The van der Waals surface area contributed by atoms with E-state index >= 15 is 0 Å². The monoisotopic (exact) mass is 440 g/mol. The van der Waals surface area contributed by atoms with Gasteiger partial charge in [-0.25, -0.2) is 4.39 Å². The van der Waals surface area contributed by atoms with Crippen molar-refractivity contribution in [1.82, 2.24) is 0 Å². The minimum Gasteiger partial charge on any atom is -0.487 e. The minimum absolute atomic E-state index is 0.125. The molecule has 1 amide bonds. The van der Waals surface area contributed by atoms with Crippen molar-refractivity contribution >= 4 is 40.9 Å². The molecule has 1 N–H and O–H groups in total. The van der Waals surface area contributed by atoms with E-state index in [4.69, 9.17) is 27.9 Å². The molecule has 0 bridgehead atoms. The Morgan fingerprint density at radius 2 is 1.80 bits per heavy atom. The van der Waals surface area contributed by atoms with Crippen LogP contribution in [0.5, 0.6) is 5.75 Å². The maximum Gasteiger partial charge on any atom is 0.266 e. The zero-order valence-corrected chi connectivity index (χ0v) is 17.0. The lowest BCUT2D eigenvalue weighted by Gasteiger charge is -2.10. The molecule has 0 spiro atoms. The van der Waals surface area contributed by atoms with E-state index in [1.54, 1.807) is 24.3 Å². The number of nitriles is 1. The van der Waals surface area contributed by atoms with Gasteiger partial charge in [-0.3, -0.25) is 4.79 Å². The van der Waals surface area contributed by atoms with Crippen LogP contribution in [0.25, 0.3) is 6.08 Å². The van der Waals surface area contributed by atoms with Crippen LogP contribution in [0.2, 0.25) is 10.0 Å². The van der Waals surface area contributed by atoms with Gasteiger partial charge in [0.15, 0.2) is 0 Å². The Morgan fingerprint density at radius 1 is 1.07 bits per heavy atom. The molecule has 7 heteroatoms. The first-order valence-electron chi connectivity index (χ1n) is 8.81. The highest BCUT2D eigenvalue weighted by atomic mass is 35.5. The smallest absolute Gasteiger partial charge is 0.266 e. The quantitative estimate of drug-likeness (QED) is 0.363. The molecule has 0 saturated carbocycles. The highest BCUT2D eigenvalue weighted by Gasteiger charge is 2.11. The zero-order chi connectivity index (χ0) is 21.5. The van der Waals surface area contributed by atoms with Crippen molar-refractivity contribution in [2.75, 3.05) is 5.32 Å². The molecule has 0 aliphatic rings. The molecule has 0 radical (unpaired) electrons. The Hall–Kier alpha value is -3.33. The third kappa shape index (κ3) is 5.60. The summed E-state index contributed by atoms with van der Waals surface area (Å²) >= 11 is 12.4. The molecule has 0 fully saturated rings. The van der Waals surface area contributed by atoms with Crippen LogP contribution in [0, 0.1) is 17.1 Å². The van der Waals surface area contributed by atoms with E-state index in [0.29, 0.717) is 27.0 Å². The minimum atomic E-state index is -0.612. The van der Waals surface area contributed by atoms with Crippen LogP contribution < -0.4 is 10.1 Å². The molecular weight excluding hydrogens is 426 g/mol. The maximum absolute atomic E-state index is 13.0. The normalized spacial score (nSPS) is 10.9. The number of carbonyl (C=O) groups excluding carboxylic acids is 1. The average Bonchev–Trinajstić information content (AvgIpc) is 2.74. The van der Waals surface area contributed by atoms with Gasteiger partial charge in [0.05, 0.1) is 5.02 Å². The molecule has 0 saturated heterocycles.